The van der Waals surface area contributed by atoms with Gasteiger partial charge in [0.1, 0.15) is 49.4 Å². The predicted molar refractivity (Wildman–Crippen MR) is 244 cm³/mol. The molecule has 0 atom stereocenters. The van der Waals surface area contributed by atoms with Gasteiger partial charge in [-0.25, -0.2) is 9.97 Å². The fourth-order valence-corrected chi connectivity index (χ4v) is 6.48. The number of H-pyrrole nitrogens is 2. The second kappa shape index (κ2) is 21.4. The Morgan fingerprint density at radius 1 is 0.333 bits per heavy atom. The van der Waals surface area contributed by atoms with Crippen LogP contribution in [0.25, 0.3) is 21.8 Å². The largest absolute Gasteiger partial charge is 0.489 e. The monoisotopic (exact) mass is 878 g/mol. The SMILES string of the molecule is c1ccc(OCc2ccc3ccccc3n2)c(OCc2ccc(OCc3nn[nH]n3)cc2)c1.c1ccc2nc(COc3ccc(OCc4ccc(OCc5nn[nH]n5)cc4)cc3)ccc2c1. The van der Waals surface area contributed by atoms with E-state index in [0.29, 0.717) is 49.6 Å². The van der Waals surface area contributed by atoms with Gasteiger partial charge in [-0.15, -0.1) is 20.4 Å². The minimum Gasteiger partial charge on any atom is -0.489 e. The van der Waals surface area contributed by atoms with Gasteiger partial charge in [-0.2, -0.15) is 10.4 Å². The summed E-state index contributed by atoms with van der Waals surface area (Å²) in [5.41, 5.74) is 5.71. The summed E-state index contributed by atoms with van der Waals surface area (Å²) in [6, 6.07) is 54.7. The molecule has 0 radical (unpaired) electrons. The molecule has 0 unspecified atom stereocenters. The summed E-state index contributed by atoms with van der Waals surface area (Å²) in [4.78, 5) is 9.29. The molecule has 0 aliphatic carbocycles. The first-order valence-corrected chi connectivity index (χ1v) is 20.9. The van der Waals surface area contributed by atoms with Crippen molar-refractivity contribution in [2.75, 3.05) is 0 Å². The van der Waals surface area contributed by atoms with Crippen molar-refractivity contribution in [3.63, 3.8) is 0 Å². The van der Waals surface area contributed by atoms with Crippen LogP contribution in [0.2, 0.25) is 0 Å². The molecule has 16 nitrogen and oxygen atoms in total. The predicted octanol–water partition coefficient (Wildman–Crippen LogP) is 8.97. The number of fused-ring (bicyclic) bond motifs is 2. The molecule has 0 fully saturated rings. The molecular formula is C50H42N10O6. The Balaban J connectivity index is 0.000000166. The second-order valence-electron chi connectivity index (χ2n) is 14.6. The maximum Gasteiger partial charge on any atom is 0.211 e. The molecule has 0 aliphatic rings. The van der Waals surface area contributed by atoms with Crippen molar-refractivity contribution in [2.24, 2.45) is 0 Å². The van der Waals surface area contributed by atoms with Gasteiger partial charge in [-0.1, -0.05) is 95.4 Å². The first kappa shape index (κ1) is 42.4. The number of tetrazole rings is 2. The van der Waals surface area contributed by atoms with Gasteiger partial charge in [-0.05, 0) is 96.1 Å². The molecule has 328 valence electrons. The molecule has 0 amide bonds. The number of hydrogen-bond donors (Lipinski definition) is 2. The highest BCUT2D eigenvalue weighted by atomic mass is 16.5. The smallest absolute Gasteiger partial charge is 0.211 e. The third kappa shape index (κ3) is 12.0. The van der Waals surface area contributed by atoms with Crippen molar-refractivity contribution in [3.05, 3.63) is 204 Å². The standard InChI is InChI=1S/2C25H21N5O3/c1-2-6-22-19(5-1)11-12-20(26-22)16-33-24-8-4-3-7-23(24)32-15-18-9-13-21(14-10-18)31-17-25-27-29-30-28-25;1-2-4-24-19(3-1)7-8-20(26-24)16-32-23-13-11-22(12-14-23)31-15-18-5-9-21(10-6-18)33-17-25-27-29-30-28-25/h2*1-14H,15-17H2,(H,27,28,29,30). The van der Waals surface area contributed by atoms with Crippen molar-refractivity contribution >= 4 is 21.8 Å². The highest BCUT2D eigenvalue weighted by molar-refractivity contribution is 5.79. The fourth-order valence-electron chi connectivity index (χ4n) is 6.48. The van der Waals surface area contributed by atoms with Crippen LogP contribution in [-0.4, -0.2) is 51.2 Å². The van der Waals surface area contributed by atoms with Crippen molar-refractivity contribution in [1.82, 2.24) is 51.2 Å². The van der Waals surface area contributed by atoms with Crippen LogP contribution in [-0.2, 0) is 39.6 Å². The lowest BCUT2D eigenvalue weighted by atomic mass is 10.2. The van der Waals surface area contributed by atoms with E-state index in [1.165, 1.54) is 0 Å². The summed E-state index contributed by atoms with van der Waals surface area (Å²) in [6.45, 7) is 2.14. The van der Waals surface area contributed by atoms with Crippen molar-refractivity contribution < 1.29 is 28.4 Å². The third-order valence-electron chi connectivity index (χ3n) is 9.91. The Morgan fingerprint density at radius 3 is 1.18 bits per heavy atom. The lowest BCUT2D eigenvalue weighted by molar-refractivity contribution is 0.254. The summed E-state index contributed by atoms with van der Waals surface area (Å²) < 4.78 is 35.0. The van der Waals surface area contributed by atoms with Crippen LogP contribution in [0.15, 0.2) is 170 Å². The van der Waals surface area contributed by atoms with Gasteiger partial charge in [0.25, 0.3) is 0 Å². The lowest BCUT2D eigenvalue weighted by Crippen LogP contribution is -2.02. The van der Waals surface area contributed by atoms with Gasteiger partial charge in [-0.3, -0.25) is 0 Å². The molecule has 0 bridgehead atoms. The van der Waals surface area contributed by atoms with Gasteiger partial charge in [0, 0.05) is 10.8 Å². The van der Waals surface area contributed by atoms with E-state index < -0.39 is 0 Å². The van der Waals surface area contributed by atoms with Crippen LogP contribution < -0.4 is 28.4 Å². The van der Waals surface area contributed by atoms with Crippen LogP contribution >= 0.6 is 0 Å². The molecule has 0 spiro atoms. The third-order valence-corrected chi connectivity index (χ3v) is 9.91. The number of pyridine rings is 2. The minimum absolute atomic E-state index is 0.253. The number of aromatic amines is 2. The Labute approximate surface area is 378 Å². The molecule has 0 saturated heterocycles. The average molecular weight is 879 g/mol. The fraction of sp³-hybridized carbons (Fsp3) is 0.120. The highest BCUT2D eigenvalue weighted by Gasteiger charge is 2.08. The maximum atomic E-state index is 6.02. The molecule has 0 saturated carbocycles. The topological polar surface area (TPSA) is 190 Å². The molecule has 6 aromatic carbocycles. The van der Waals surface area contributed by atoms with Crippen LogP contribution in [0.4, 0.5) is 0 Å². The second-order valence-corrected chi connectivity index (χ2v) is 14.6. The van der Waals surface area contributed by atoms with E-state index in [0.717, 1.165) is 67.3 Å². The summed E-state index contributed by atoms with van der Waals surface area (Å²) in [5.74, 6) is 5.33. The number of aromatic nitrogens is 10. The number of nitrogens with zero attached hydrogens (tertiary/aromatic N) is 8. The Hall–Kier alpha value is -8.92. The summed E-state index contributed by atoms with van der Waals surface area (Å²) >= 11 is 0. The molecular weight excluding hydrogens is 837 g/mol. The molecule has 0 aliphatic heterocycles. The molecule has 10 rings (SSSR count). The zero-order valence-electron chi connectivity index (χ0n) is 35.4. The molecule has 10 aromatic rings. The van der Waals surface area contributed by atoms with Crippen molar-refractivity contribution in [1.29, 1.82) is 0 Å². The molecule has 4 aromatic heterocycles. The van der Waals surface area contributed by atoms with Crippen LogP contribution in [0.5, 0.6) is 34.5 Å². The average Bonchev–Trinajstić information content (AvgIpc) is 4.12. The van der Waals surface area contributed by atoms with E-state index in [9.17, 15) is 0 Å². The Bertz CT molecular complexity index is 3050. The van der Waals surface area contributed by atoms with E-state index >= 15 is 0 Å². The van der Waals surface area contributed by atoms with Crippen molar-refractivity contribution in [2.45, 2.75) is 39.6 Å². The number of benzene rings is 6. The molecule has 4 heterocycles. The Morgan fingerprint density at radius 2 is 0.712 bits per heavy atom. The lowest BCUT2D eigenvalue weighted by Gasteiger charge is -2.13. The summed E-state index contributed by atoms with van der Waals surface area (Å²) in [5, 5.41) is 29.4. The molecule has 2 N–H and O–H groups in total. The quantitative estimate of drug-likeness (QED) is 0.0830. The van der Waals surface area contributed by atoms with Gasteiger partial charge >= 0.3 is 0 Å². The van der Waals surface area contributed by atoms with E-state index in [1.807, 2.05) is 158 Å². The van der Waals surface area contributed by atoms with Crippen LogP contribution in [0.3, 0.4) is 0 Å². The molecule has 16 heteroatoms. The van der Waals surface area contributed by atoms with E-state index in [4.69, 9.17) is 28.4 Å². The first-order valence-electron chi connectivity index (χ1n) is 20.9. The maximum absolute atomic E-state index is 6.02. The van der Waals surface area contributed by atoms with E-state index in [-0.39, 0.29) is 13.2 Å². The van der Waals surface area contributed by atoms with Gasteiger partial charge in [0.2, 0.25) is 11.6 Å². The zero-order chi connectivity index (χ0) is 44.6. The van der Waals surface area contributed by atoms with Gasteiger partial charge in [0.15, 0.2) is 24.7 Å². The number of ether oxygens (including phenoxy) is 6. The number of nitrogens with one attached hydrogen (secondary N) is 2. The number of rotatable bonds is 18. The van der Waals surface area contributed by atoms with E-state index in [1.54, 1.807) is 0 Å². The Kier molecular flexibility index (Phi) is 13.8. The summed E-state index contributed by atoms with van der Waals surface area (Å²) in [6.07, 6.45) is 0. The zero-order valence-corrected chi connectivity index (χ0v) is 35.4. The minimum atomic E-state index is 0.253. The van der Waals surface area contributed by atoms with Gasteiger partial charge in [0.05, 0.1) is 22.4 Å². The van der Waals surface area contributed by atoms with E-state index in [2.05, 4.69) is 63.3 Å². The first-order chi connectivity index (χ1) is 32.6. The van der Waals surface area contributed by atoms with Gasteiger partial charge < -0.3 is 28.4 Å². The summed E-state index contributed by atoms with van der Waals surface area (Å²) in [7, 11) is 0. The van der Waals surface area contributed by atoms with Crippen molar-refractivity contribution in [3.8, 4) is 34.5 Å². The van der Waals surface area contributed by atoms with Crippen LogP contribution in [0, 0.1) is 0 Å². The number of para-hydroxylation sites is 4. The normalized spacial score (nSPS) is 10.8. The molecule has 66 heavy (non-hydrogen) atoms. The van der Waals surface area contributed by atoms with Crippen LogP contribution in [0.1, 0.15) is 34.2 Å². The number of hydrogen-bond acceptors (Lipinski definition) is 14. The highest BCUT2D eigenvalue weighted by Crippen LogP contribution is 2.29.